The number of benzene rings is 1. The van der Waals surface area contributed by atoms with Crippen LogP contribution in [0, 0.1) is 5.92 Å². The first-order valence-electron chi connectivity index (χ1n) is 8.36. The van der Waals surface area contributed by atoms with Gasteiger partial charge in [-0.25, -0.2) is 12.7 Å². The summed E-state index contributed by atoms with van der Waals surface area (Å²) in [5, 5.41) is 0. The number of imide groups is 1. The van der Waals surface area contributed by atoms with Gasteiger partial charge in [-0.05, 0) is 25.0 Å². The molecule has 2 amide bonds. The van der Waals surface area contributed by atoms with Crippen LogP contribution in [0.5, 0.6) is 0 Å². The molecular formula is C17H20N2O6S. The number of fused-ring (bicyclic) bond motifs is 1. The summed E-state index contributed by atoms with van der Waals surface area (Å²) in [6.07, 6.45) is 0.803. The molecule has 1 fully saturated rings. The van der Waals surface area contributed by atoms with Crippen LogP contribution in [0.1, 0.15) is 33.6 Å². The van der Waals surface area contributed by atoms with Crippen LogP contribution >= 0.6 is 0 Å². The molecule has 2 heterocycles. The molecule has 0 spiro atoms. The van der Waals surface area contributed by atoms with Gasteiger partial charge >= 0.3 is 5.97 Å². The average molecular weight is 380 g/mol. The smallest absolute Gasteiger partial charge is 0.308 e. The second-order valence-corrected chi connectivity index (χ2v) is 8.41. The predicted octanol–water partition coefficient (Wildman–Crippen LogP) is 0.497. The number of hydrogen-bond acceptors (Lipinski definition) is 6. The summed E-state index contributed by atoms with van der Waals surface area (Å²) in [4.78, 5) is 37.1. The molecule has 1 saturated heterocycles. The molecule has 140 valence electrons. The third-order valence-electron chi connectivity index (χ3n) is 4.83. The Hall–Kier alpha value is -2.26. The molecule has 0 saturated carbocycles. The number of carbonyl (C=O) groups is 3. The van der Waals surface area contributed by atoms with Gasteiger partial charge in [-0.1, -0.05) is 12.1 Å². The lowest BCUT2D eigenvalue weighted by molar-refractivity contribution is -0.146. The first-order valence-corrected chi connectivity index (χ1v) is 9.97. The maximum Gasteiger partial charge on any atom is 0.308 e. The quantitative estimate of drug-likeness (QED) is 0.545. The van der Waals surface area contributed by atoms with Crippen LogP contribution in [0.2, 0.25) is 0 Å². The van der Waals surface area contributed by atoms with Gasteiger partial charge in [0.1, 0.15) is 0 Å². The van der Waals surface area contributed by atoms with E-state index in [-0.39, 0.29) is 37.3 Å². The summed E-state index contributed by atoms with van der Waals surface area (Å²) in [6.45, 7) is 0.264. The Kier molecular flexibility index (Phi) is 5.10. The number of methoxy groups -OCH3 is 1. The first-order chi connectivity index (χ1) is 12.3. The molecule has 3 rings (SSSR count). The largest absolute Gasteiger partial charge is 0.469 e. The lowest BCUT2D eigenvalue weighted by Crippen LogP contribution is -2.44. The van der Waals surface area contributed by atoms with Crippen molar-refractivity contribution in [3.05, 3.63) is 35.4 Å². The molecule has 0 unspecified atom stereocenters. The van der Waals surface area contributed by atoms with Crippen LogP contribution in [0.3, 0.4) is 0 Å². The van der Waals surface area contributed by atoms with Crippen LogP contribution in [0.4, 0.5) is 0 Å². The van der Waals surface area contributed by atoms with E-state index >= 15 is 0 Å². The molecule has 0 radical (unpaired) electrons. The van der Waals surface area contributed by atoms with Crippen molar-refractivity contribution in [1.82, 2.24) is 9.21 Å². The minimum absolute atomic E-state index is 0.189. The van der Waals surface area contributed by atoms with Gasteiger partial charge in [-0.2, -0.15) is 0 Å². The standard InChI is InChI=1S/C17H20N2O6S/c1-25-17(22)12-6-8-18(9-7-12)26(23,24)11-10-19-15(20)13-4-2-3-5-14(13)16(19)21/h2-5,12H,6-11H2,1H3. The number of sulfonamides is 1. The van der Waals surface area contributed by atoms with Crippen molar-refractivity contribution in [1.29, 1.82) is 0 Å². The van der Waals surface area contributed by atoms with Crippen molar-refractivity contribution in [2.24, 2.45) is 5.92 Å². The number of esters is 1. The molecule has 1 aromatic rings. The normalized spacial score (nSPS) is 18.9. The molecule has 1 aromatic carbocycles. The van der Waals surface area contributed by atoms with Gasteiger partial charge in [0.2, 0.25) is 10.0 Å². The fourth-order valence-electron chi connectivity index (χ4n) is 3.31. The summed E-state index contributed by atoms with van der Waals surface area (Å²) in [7, 11) is -2.31. The zero-order valence-electron chi connectivity index (χ0n) is 14.4. The zero-order valence-corrected chi connectivity index (χ0v) is 15.2. The van der Waals surface area contributed by atoms with Crippen molar-refractivity contribution < 1.29 is 27.5 Å². The Balaban J connectivity index is 1.61. The van der Waals surface area contributed by atoms with E-state index < -0.39 is 21.8 Å². The van der Waals surface area contributed by atoms with Gasteiger partial charge in [0.25, 0.3) is 11.8 Å². The summed E-state index contributed by atoms with van der Waals surface area (Å²) >= 11 is 0. The fourth-order valence-corrected chi connectivity index (χ4v) is 4.75. The van der Waals surface area contributed by atoms with E-state index in [0.29, 0.717) is 24.0 Å². The number of nitrogens with zero attached hydrogens (tertiary/aromatic N) is 2. The topological polar surface area (TPSA) is 101 Å². The van der Waals surface area contributed by atoms with Gasteiger partial charge < -0.3 is 4.74 Å². The number of amides is 2. The highest BCUT2D eigenvalue weighted by atomic mass is 32.2. The van der Waals surface area contributed by atoms with Gasteiger partial charge in [0.15, 0.2) is 0 Å². The third kappa shape index (κ3) is 3.36. The van der Waals surface area contributed by atoms with Crippen LogP contribution in [0.15, 0.2) is 24.3 Å². The molecule has 0 aliphatic carbocycles. The van der Waals surface area contributed by atoms with E-state index in [1.165, 1.54) is 11.4 Å². The Morgan fingerprint density at radius 3 is 2.15 bits per heavy atom. The maximum absolute atomic E-state index is 12.5. The Morgan fingerprint density at radius 2 is 1.65 bits per heavy atom. The van der Waals surface area contributed by atoms with Crippen molar-refractivity contribution >= 4 is 27.8 Å². The monoisotopic (exact) mass is 380 g/mol. The molecule has 2 aliphatic rings. The Bertz CT molecular complexity index is 808. The molecule has 0 bridgehead atoms. The number of rotatable bonds is 5. The highest BCUT2D eigenvalue weighted by molar-refractivity contribution is 7.89. The zero-order chi connectivity index (χ0) is 18.9. The lowest BCUT2D eigenvalue weighted by atomic mass is 9.99. The van der Waals surface area contributed by atoms with Gasteiger partial charge in [0.05, 0.1) is 29.9 Å². The second-order valence-electron chi connectivity index (χ2n) is 6.32. The van der Waals surface area contributed by atoms with E-state index in [4.69, 9.17) is 4.74 Å². The molecule has 8 nitrogen and oxygen atoms in total. The highest BCUT2D eigenvalue weighted by Gasteiger charge is 2.37. The van der Waals surface area contributed by atoms with Gasteiger partial charge in [-0.15, -0.1) is 0 Å². The maximum atomic E-state index is 12.5. The second kappa shape index (κ2) is 7.16. The van der Waals surface area contributed by atoms with Crippen LogP contribution in [-0.4, -0.2) is 67.9 Å². The molecule has 0 aromatic heterocycles. The molecular weight excluding hydrogens is 360 g/mol. The fraction of sp³-hybridized carbons (Fsp3) is 0.471. The van der Waals surface area contributed by atoms with E-state index in [1.807, 2.05) is 0 Å². The number of piperidine rings is 1. The minimum Gasteiger partial charge on any atom is -0.469 e. The van der Waals surface area contributed by atoms with Gasteiger partial charge in [0, 0.05) is 19.6 Å². The predicted molar refractivity (Wildman–Crippen MR) is 91.9 cm³/mol. The number of ether oxygens (including phenoxy) is 1. The van der Waals surface area contributed by atoms with Crippen LogP contribution in [-0.2, 0) is 19.6 Å². The van der Waals surface area contributed by atoms with Crippen LogP contribution in [0.25, 0.3) is 0 Å². The van der Waals surface area contributed by atoms with Crippen molar-refractivity contribution in [3.63, 3.8) is 0 Å². The minimum atomic E-state index is -3.63. The molecule has 0 atom stereocenters. The summed E-state index contributed by atoms with van der Waals surface area (Å²) in [6, 6.07) is 6.44. The first kappa shape index (κ1) is 18.5. The number of hydrogen-bond donors (Lipinski definition) is 0. The van der Waals surface area contributed by atoms with E-state index in [1.54, 1.807) is 24.3 Å². The molecule has 9 heteroatoms. The summed E-state index contributed by atoms with van der Waals surface area (Å²) in [5.41, 5.74) is 0.600. The Labute approximate surface area is 151 Å². The molecule has 26 heavy (non-hydrogen) atoms. The number of carbonyl (C=O) groups excluding carboxylic acids is 3. The molecule has 2 aliphatic heterocycles. The third-order valence-corrected chi connectivity index (χ3v) is 6.68. The van der Waals surface area contributed by atoms with Crippen molar-refractivity contribution in [3.8, 4) is 0 Å². The van der Waals surface area contributed by atoms with Crippen molar-refractivity contribution in [2.75, 3.05) is 32.5 Å². The Morgan fingerprint density at radius 1 is 1.12 bits per heavy atom. The van der Waals surface area contributed by atoms with E-state index in [9.17, 15) is 22.8 Å². The molecule has 0 N–H and O–H groups in total. The summed E-state index contributed by atoms with van der Waals surface area (Å²) < 4.78 is 31.1. The average Bonchev–Trinajstić information content (AvgIpc) is 2.90. The summed E-state index contributed by atoms with van der Waals surface area (Å²) in [5.74, 6) is -1.88. The van der Waals surface area contributed by atoms with Crippen molar-refractivity contribution in [2.45, 2.75) is 12.8 Å². The lowest BCUT2D eigenvalue weighted by Gasteiger charge is -2.30. The SMILES string of the molecule is COC(=O)C1CCN(S(=O)(=O)CCN2C(=O)c3ccccc3C2=O)CC1. The van der Waals surface area contributed by atoms with E-state index in [0.717, 1.165) is 4.90 Å². The van der Waals surface area contributed by atoms with Gasteiger partial charge in [-0.3, -0.25) is 19.3 Å². The van der Waals surface area contributed by atoms with E-state index in [2.05, 4.69) is 0 Å². The highest BCUT2D eigenvalue weighted by Crippen LogP contribution is 2.24. The van der Waals surface area contributed by atoms with Crippen LogP contribution < -0.4 is 0 Å².